The van der Waals surface area contributed by atoms with Gasteiger partial charge in [0.25, 0.3) is 0 Å². The molecule has 1 atom stereocenters. The van der Waals surface area contributed by atoms with Gasteiger partial charge in [-0.05, 0) is 76.4 Å². The molecule has 1 N–H and O–H groups in total. The Balaban J connectivity index is 2.45. The van der Waals surface area contributed by atoms with E-state index in [-0.39, 0.29) is 12.5 Å². The molecule has 0 aromatic heterocycles. The number of nitrogens with one attached hydrogen (secondary N) is 1. The molecule has 34 heavy (non-hydrogen) atoms. The van der Waals surface area contributed by atoms with Crippen molar-refractivity contribution in [2.45, 2.75) is 59.7 Å². The first-order valence-corrected chi connectivity index (χ1v) is 13.2. The lowest BCUT2D eigenvalue weighted by molar-refractivity contribution is -0.140. The second kappa shape index (κ2) is 10.8. The molecule has 0 unspecified atom stereocenters. The van der Waals surface area contributed by atoms with Crippen LogP contribution in [0.1, 0.15) is 44.4 Å². The van der Waals surface area contributed by atoms with Gasteiger partial charge in [0, 0.05) is 17.1 Å². The SMILES string of the molecule is Cc1cc(C)cc(N(CC(=O)N(Cc2ccccc2Cl)[C@H](C)C(=O)NC(C)(C)C)S(C)(=O)=O)c1. The van der Waals surface area contributed by atoms with Gasteiger partial charge in [-0.15, -0.1) is 0 Å². The Kier molecular flexibility index (Phi) is 8.77. The van der Waals surface area contributed by atoms with E-state index in [1.54, 1.807) is 43.3 Å². The second-order valence-electron chi connectivity index (χ2n) is 9.64. The van der Waals surface area contributed by atoms with E-state index < -0.39 is 34.1 Å². The Hall–Kier alpha value is -2.58. The van der Waals surface area contributed by atoms with Gasteiger partial charge in [-0.1, -0.05) is 35.9 Å². The third-order valence-corrected chi connectivity index (χ3v) is 6.65. The number of rotatable bonds is 8. The van der Waals surface area contributed by atoms with Gasteiger partial charge in [0.15, 0.2) is 0 Å². The number of aryl methyl sites for hydroxylation is 2. The van der Waals surface area contributed by atoms with Crippen LogP contribution >= 0.6 is 11.6 Å². The highest BCUT2D eigenvalue weighted by Crippen LogP contribution is 2.23. The molecule has 0 aliphatic heterocycles. The fraction of sp³-hybridized carbons (Fsp3) is 0.440. The molecule has 186 valence electrons. The summed E-state index contributed by atoms with van der Waals surface area (Å²) >= 11 is 6.33. The highest BCUT2D eigenvalue weighted by atomic mass is 35.5. The molecule has 0 aliphatic rings. The smallest absolute Gasteiger partial charge is 0.244 e. The highest BCUT2D eigenvalue weighted by Gasteiger charge is 2.31. The lowest BCUT2D eigenvalue weighted by atomic mass is 10.1. The first-order chi connectivity index (χ1) is 15.6. The van der Waals surface area contributed by atoms with Gasteiger partial charge in [-0.25, -0.2) is 8.42 Å². The molecular formula is C25H34ClN3O4S. The van der Waals surface area contributed by atoms with Crippen molar-refractivity contribution in [3.63, 3.8) is 0 Å². The lowest BCUT2D eigenvalue weighted by Gasteiger charge is -2.33. The molecule has 0 radical (unpaired) electrons. The summed E-state index contributed by atoms with van der Waals surface area (Å²) in [5.41, 5.74) is 2.31. The van der Waals surface area contributed by atoms with Crippen molar-refractivity contribution in [1.29, 1.82) is 0 Å². The molecular weight excluding hydrogens is 474 g/mol. The molecule has 9 heteroatoms. The Morgan fingerprint density at radius 1 is 1.06 bits per heavy atom. The number of anilines is 1. The van der Waals surface area contributed by atoms with E-state index in [9.17, 15) is 18.0 Å². The Bertz CT molecular complexity index is 1140. The molecule has 2 aromatic rings. The average molecular weight is 508 g/mol. The number of amides is 2. The first-order valence-electron chi connectivity index (χ1n) is 11.0. The topological polar surface area (TPSA) is 86.8 Å². The van der Waals surface area contributed by atoms with Gasteiger partial charge in [0.2, 0.25) is 21.8 Å². The molecule has 0 spiro atoms. The van der Waals surface area contributed by atoms with Gasteiger partial charge in [-0.2, -0.15) is 0 Å². The molecule has 0 fully saturated rings. The summed E-state index contributed by atoms with van der Waals surface area (Å²) in [5.74, 6) is -0.855. The third kappa shape index (κ3) is 7.74. The van der Waals surface area contributed by atoms with Crippen molar-refractivity contribution < 1.29 is 18.0 Å². The summed E-state index contributed by atoms with van der Waals surface area (Å²) < 4.78 is 26.4. The number of benzene rings is 2. The number of sulfonamides is 1. The molecule has 0 heterocycles. The lowest BCUT2D eigenvalue weighted by Crippen LogP contribution is -2.54. The number of carbonyl (C=O) groups excluding carboxylic acids is 2. The highest BCUT2D eigenvalue weighted by molar-refractivity contribution is 7.92. The van der Waals surface area contributed by atoms with Crippen LogP contribution in [-0.4, -0.2) is 49.5 Å². The van der Waals surface area contributed by atoms with Crippen molar-refractivity contribution in [2.24, 2.45) is 0 Å². The Morgan fingerprint density at radius 2 is 1.62 bits per heavy atom. The molecule has 2 amide bonds. The summed E-state index contributed by atoms with van der Waals surface area (Å²) in [7, 11) is -3.78. The molecule has 0 saturated heterocycles. The van der Waals surface area contributed by atoms with Crippen LogP contribution in [0.2, 0.25) is 5.02 Å². The molecule has 0 aliphatic carbocycles. The first kappa shape index (κ1) is 27.7. The van der Waals surface area contributed by atoms with Gasteiger partial charge in [-0.3, -0.25) is 13.9 Å². The van der Waals surface area contributed by atoms with E-state index in [2.05, 4.69) is 5.32 Å². The quantitative estimate of drug-likeness (QED) is 0.583. The van der Waals surface area contributed by atoms with Crippen LogP contribution < -0.4 is 9.62 Å². The third-order valence-electron chi connectivity index (χ3n) is 5.14. The zero-order valence-corrected chi connectivity index (χ0v) is 22.4. The summed E-state index contributed by atoms with van der Waals surface area (Å²) in [6.45, 7) is 10.5. The van der Waals surface area contributed by atoms with Gasteiger partial charge in [0.1, 0.15) is 12.6 Å². The van der Waals surface area contributed by atoms with Crippen LogP contribution in [0.15, 0.2) is 42.5 Å². The summed E-state index contributed by atoms with van der Waals surface area (Å²) in [5, 5.41) is 3.34. The maximum atomic E-state index is 13.6. The molecule has 0 bridgehead atoms. The Morgan fingerprint density at radius 3 is 2.12 bits per heavy atom. The minimum Gasteiger partial charge on any atom is -0.350 e. The van der Waals surface area contributed by atoms with Crippen LogP contribution in [-0.2, 0) is 26.2 Å². The van der Waals surface area contributed by atoms with Crippen LogP contribution in [0, 0.1) is 13.8 Å². The predicted molar refractivity (Wildman–Crippen MR) is 137 cm³/mol. The zero-order chi connectivity index (χ0) is 25.8. The second-order valence-corrected chi connectivity index (χ2v) is 12.0. The maximum Gasteiger partial charge on any atom is 0.244 e. The standard InChI is InChI=1S/C25H34ClN3O4S/c1-17-12-18(2)14-21(13-17)29(34(7,32)33)16-23(30)28(15-20-10-8-9-11-22(20)26)19(3)24(31)27-25(4,5)6/h8-14,19H,15-16H2,1-7H3,(H,27,31)/t19-/m1/s1. The normalized spacial score (nSPS) is 12.7. The monoisotopic (exact) mass is 507 g/mol. The molecule has 0 saturated carbocycles. The predicted octanol–water partition coefficient (Wildman–Crippen LogP) is 4.05. The van der Waals surface area contributed by atoms with E-state index in [0.717, 1.165) is 21.7 Å². The maximum absolute atomic E-state index is 13.6. The molecule has 2 rings (SSSR count). The number of hydrogen-bond donors (Lipinski definition) is 1. The Labute approximate surface area is 208 Å². The summed E-state index contributed by atoms with van der Waals surface area (Å²) in [6.07, 6.45) is 1.06. The number of hydrogen-bond acceptors (Lipinski definition) is 4. The van der Waals surface area contributed by atoms with Crippen molar-refractivity contribution in [3.05, 3.63) is 64.2 Å². The number of halogens is 1. The minimum atomic E-state index is -3.78. The van der Waals surface area contributed by atoms with E-state index in [4.69, 9.17) is 11.6 Å². The fourth-order valence-electron chi connectivity index (χ4n) is 3.58. The average Bonchev–Trinajstić information content (AvgIpc) is 2.67. The van der Waals surface area contributed by atoms with Crippen molar-refractivity contribution in [2.75, 3.05) is 17.1 Å². The molecule has 7 nitrogen and oxygen atoms in total. The van der Waals surface area contributed by atoms with Gasteiger partial charge < -0.3 is 10.2 Å². The van der Waals surface area contributed by atoms with Crippen molar-refractivity contribution in [3.8, 4) is 0 Å². The zero-order valence-electron chi connectivity index (χ0n) is 20.8. The summed E-state index contributed by atoms with van der Waals surface area (Å²) in [6, 6.07) is 11.6. The van der Waals surface area contributed by atoms with Crippen LogP contribution in [0.4, 0.5) is 5.69 Å². The van der Waals surface area contributed by atoms with Gasteiger partial charge >= 0.3 is 0 Å². The van der Waals surface area contributed by atoms with Crippen LogP contribution in [0.25, 0.3) is 0 Å². The summed E-state index contributed by atoms with van der Waals surface area (Å²) in [4.78, 5) is 27.9. The van der Waals surface area contributed by atoms with Crippen molar-refractivity contribution in [1.82, 2.24) is 10.2 Å². The number of nitrogens with zero attached hydrogens (tertiary/aromatic N) is 2. The van der Waals surface area contributed by atoms with E-state index in [0.29, 0.717) is 16.3 Å². The largest absolute Gasteiger partial charge is 0.350 e. The van der Waals surface area contributed by atoms with Crippen LogP contribution in [0.5, 0.6) is 0 Å². The van der Waals surface area contributed by atoms with Crippen LogP contribution in [0.3, 0.4) is 0 Å². The van der Waals surface area contributed by atoms with Crippen molar-refractivity contribution >= 4 is 39.1 Å². The van der Waals surface area contributed by atoms with E-state index >= 15 is 0 Å². The molecule has 2 aromatic carbocycles. The van der Waals surface area contributed by atoms with Gasteiger partial charge in [0.05, 0.1) is 11.9 Å². The van der Waals surface area contributed by atoms with E-state index in [1.807, 2.05) is 40.7 Å². The minimum absolute atomic E-state index is 0.0572. The fourth-order valence-corrected chi connectivity index (χ4v) is 4.60. The van der Waals surface area contributed by atoms with E-state index in [1.165, 1.54) is 4.90 Å². The number of carbonyl (C=O) groups is 2.